The number of rotatable bonds is 11. The molecule has 0 saturated carbocycles. The Hall–Kier alpha value is -3.56. The van der Waals surface area contributed by atoms with Crippen LogP contribution in [0.5, 0.6) is 0 Å². The van der Waals surface area contributed by atoms with Crippen molar-refractivity contribution in [1.29, 1.82) is 0 Å². The number of aliphatic hydroxyl groups excluding tert-OH is 1. The first-order valence-electron chi connectivity index (χ1n) is 12.1. The Bertz CT molecular complexity index is 1070. The minimum Gasteiger partial charge on any atom is -0.480 e. The van der Waals surface area contributed by atoms with Gasteiger partial charge in [0.15, 0.2) is 0 Å². The number of carbonyl (C=O) groups excluding carboxylic acids is 1. The Kier molecular flexibility index (Phi) is 15.6. The fourth-order valence-electron chi connectivity index (χ4n) is 2.98. The molecular weight excluding hydrogens is 514 g/mol. The van der Waals surface area contributed by atoms with E-state index in [2.05, 4.69) is 4.98 Å². The standard InChI is InChI=1S/C11H12N2O2.C10H20N2O4.C4H9NO3/c12-9(11(14)15)5-7-6-13-10-4-2-1-3-8(7)10;1-5(2)4-7(11)10(15)16-6(3)8(12)9(13)14;1-2(6)3(5)4(7)8/h1-4,6,9,13H,5,12H2,(H,14,15);5-8H,4,11-12H2,1-3H3,(H,13,14);2-3,6H,5H2,1H3,(H,7,8)/t9-;6-,7+,8+;2-,3+/m011/s1. The number of hydrogen-bond acceptors (Lipinski definition) is 10. The van der Waals surface area contributed by atoms with Gasteiger partial charge >= 0.3 is 23.9 Å². The Morgan fingerprint density at radius 2 is 1.38 bits per heavy atom. The number of H-pyrrole nitrogens is 1. The highest BCUT2D eigenvalue weighted by Gasteiger charge is 2.26. The molecule has 0 bridgehead atoms. The quantitative estimate of drug-likeness (QED) is 0.160. The summed E-state index contributed by atoms with van der Waals surface area (Å²) in [4.78, 5) is 45.5. The van der Waals surface area contributed by atoms with Gasteiger partial charge in [-0.15, -0.1) is 0 Å². The Morgan fingerprint density at radius 3 is 1.82 bits per heavy atom. The third-order valence-corrected chi connectivity index (χ3v) is 5.36. The molecule has 39 heavy (non-hydrogen) atoms. The summed E-state index contributed by atoms with van der Waals surface area (Å²) in [5.74, 6) is -3.71. The van der Waals surface area contributed by atoms with Gasteiger partial charge < -0.3 is 53.1 Å². The van der Waals surface area contributed by atoms with Gasteiger partial charge in [-0.25, -0.2) is 0 Å². The molecule has 0 radical (unpaired) electrons. The average Bonchev–Trinajstić information content (AvgIpc) is 3.25. The number of fused-ring (bicyclic) bond motifs is 1. The molecule has 0 amide bonds. The summed E-state index contributed by atoms with van der Waals surface area (Å²) in [6, 6.07) is 3.80. The molecule has 0 unspecified atom stereocenters. The predicted octanol–water partition coefficient (Wildman–Crippen LogP) is -0.395. The number of aliphatic carboxylic acids is 3. The van der Waals surface area contributed by atoms with Gasteiger partial charge in [0.1, 0.15) is 30.3 Å². The van der Waals surface area contributed by atoms with Crippen molar-refractivity contribution in [2.75, 3.05) is 0 Å². The maximum atomic E-state index is 11.4. The fourth-order valence-corrected chi connectivity index (χ4v) is 2.98. The molecule has 2 rings (SSSR count). The summed E-state index contributed by atoms with van der Waals surface area (Å²) in [5, 5.41) is 34.9. The maximum Gasteiger partial charge on any atom is 0.324 e. The number of nitrogens with two attached hydrogens (primary N) is 4. The summed E-state index contributed by atoms with van der Waals surface area (Å²) in [6.07, 6.45) is 0.788. The summed E-state index contributed by atoms with van der Waals surface area (Å²) < 4.78 is 4.87. The normalized spacial score (nSPS) is 15.3. The van der Waals surface area contributed by atoms with Crippen LogP contribution in [0.2, 0.25) is 0 Å². The second-order valence-electron chi connectivity index (χ2n) is 9.36. The van der Waals surface area contributed by atoms with Crippen LogP contribution in [0.25, 0.3) is 10.9 Å². The van der Waals surface area contributed by atoms with E-state index >= 15 is 0 Å². The van der Waals surface area contributed by atoms with Gasteiger partial charge in [0.2, 0.25) is 0 Å². The number of aromatic nitrogens is 1. The lowest BCUT2D eigenvalue weighted by atomic mass is 10.0. The number of carbonyl (C=O) groups is 4. The van der Waals surface area contributed by atoms with Crippen LogP contribution in [-0.4, -0.2) is 85.7 Å². The lowest BCUT2D eigenvalue weighted by Gasteiger charge is -2.20. The van der Waals surface area contributed by atoms with Gasteiger partial charge in [-0.2, -0.15) is 0 Å². The minimum absolute atomic E-state index is 0.269. The van der Waals surface area contributed by atoms with Crippen molar-refractivity contribution in [2.24, 2.45) is 28.9 Å². The van der Waals surface area contributed by atoms with Gasteiger partial charge in [-0.3, -0.25) is 19.2 Å². The Labute approximate surface area is 226 Å². The molecule has 1 aromatic heterocycles. The van der Waals surface area contributed by atoms with Crippen LogP contribution < -0.4 is 22.9 Å². The first-order valence-corrected chi connectivity index (χ1v) is 12.1. The molecule has 1 heterocycles. The van der Waals surface area contributed by atoms with Crippen molar-refractivity contribution in [1.82, 2.24) is 4.98 Å². The van der Waals surface area contributed by atoms with Crippen molar-refractivity contribution in [3.05, 3.63) is 36.0 Å². The van der Waals surface area contributed by atoms with Crippen molar-refractivity contribution in [3.8, 4) is 0 Å². The van der Waals surface area contributed by atoms with Gasteiger partial charge in [0.25, 0.3) is 0 Å². The zero-order valence-corrected chi connectivity index (χ0v) is 22.5. The number of carboxylic acid groups (broad SMARTS) is 3. The van der Waals surface area contributed by atoms with Gasteiger partial charge in [0, 0.05) is 23.5 Å². The Balaban J connectivity index is 0.000000587. The lowest BCUT2D eigenvalue weighted by Crippen LogP contribution is -2.45. The summed E-state index contributed by atoms with van der Waals surface area (Å²) in [5.41, 5.74) is 23.2. The largest absolute Gasteiger partial charge is 0.480 e. The topological polar surface area (TPSA) is 278 Å². The minimum atomic E-state index is -1.23. The van der Waals surface area contributed by atoms with E-state index in [1.807, 2.05) is 44.3 Å². The van der Waals surface area contributed by atoms with Crippen molar-refractivity contribution >= 4 is 34.8 Å². The molecule has 0 fully saturated rings. The van der Waals surface area contributed by atoms with E-state index in [-0.39, 0.29) is 5.92 Å². The molecule has 0 aliphatic rings. The van der Waals surface area contributed by atoms with E-state index < -0.39 is 60.3 Å². The number of benzene rings is 1. The first kappa shape index (κ1) is 35.4. The molecule has 6 atom stereocenters. The van der Waals surface area contributed by atoms with Crippen LogP contribution in [0.1, 0.15) is 39.7 Å². The molecule has 14 heteroatoms. The molecule has 13 N–H and O–H groups in total. The van der Waals surface area contributed by atoms with Gasteiger partial charge in [-0.1, -0.05) is 32.0 Å². The summed E-state index contributed by atoms with van der Waals surface area (Å²) in [7, 11) is 0. The predicted molar refractivity (Wildman–Crippen MR) is 144 cm³/mol. The van der Waals surface area contributed by atoms with Crippen LogP contribution in [0, 0.1) is 5.92 Å². The van der Waals surface area contributed by atoms with Crippen LogP contribution in [0.3, 0.4) is 0 Å². The lowest BCUT2D eigenvalue weighted by molar-refractivity contribution is -0.155. The fraction of sp³-hybridized carbons (Fsp3) is 0.520. The number of carboxylic acids is 3. The molecule has 2 aromatic rings. The van der Waals surface area contributed by atoms with E-state index in [1.165, 1.54) is 13.8 Å². The molecular formula is C25H41N5O9. The summed E-state index contributed by atoms with van der Waals surface area (Å²) >= 11 is 0. The molecule has 1 aromatic carbocycles. The average molecular weight is 556 g/mol. The molecule has 0 spiro atoms. The number of esters is 1. The van der Waals surface area contributed by atoms with Crippen molar-refractivity contribution in [2.45, 2.75) is 76.9 Å². The van der Waals surface area contributed by atoms with Crippen molar-refractivity contribution in [3.63, 3.8) is 0 Å². The highest BCUT2D eigenvalue weighted by Crippen LogP contribution is 2.18. The van der Waals surface area contributed by atoms with E-state index in [0.717, 1.165) is 16.5 Å². The second-order valence-corrected chi connectivity index (χ2v) is 9.36. The monoisotopic (exact) mass is 555 g/mol. The zero-order chi connectivity index (χ0) is 30.4. The van der Waals surface area contributed by atoms with Gasteiger partial charge in [-0.05, 0) is 37.8 Å². The number of aliphatic hydroxyl groups is 1. The molecule has 220 valence electrons. The van der Waals surface area contributed by atoms with Crippen LogP contribution in [-0.2, 0) is 30.3 Å². The van der Waals surface area contributed by atoms with E-state index in [9.17, 15) is 19.2 Å². The number of aromatic amines is 1. The number of ether oxygens (including phenoxy) is 1. The summed E-state index contributed by atoms with van der Waals surface area (Å²) in [6.45, 7) is 6.62. The first-order chi connectivity index (χ1) is 18.0. The number of hydrogen-bond donors (Lipinski definition) is 9. The van der Waals surface area contributed by atoms with Gasteiger partial charge in [0.05, 0.1) is 6.10 Å². The SMILES string of the molecule is CC(C)C[C@H](N)C(=O)O[C@H](C)[C@H](N)C(=O)O.C[C@@H](O)[C@H](N)C(=O)O.N[C@@H](Cc1c[nH]c2ccccc12)C(=O)O. The Morgan fingerprint density at radius 1 is 0.846 bits per heavy atom. The third kappa shape index (κ3) is 13.2. The number of nitrogens with one attached hydrogen (secondary N) is 1. The molecule has 0 aliphatic heterocycles. The third-order valence-electron chi connectivity index (χ3n) is 5.36. The highest BCUT2D eigenvalue weighted by molar-refractivity contribution is 5.84. The highest BCUT2D eigenvalue weighted by atomic mass is 16.5. The van der Waals surface area contributed by atoms with Crippen LogP contribution in [0.4, 0.5) is 0 Å². The van der Waals surface area contributed by atoms with Crippen LogP contribution >= 0.6 is 0 Å². The smallest absolute Gasteiger partial charge is 0.324 e. The van der Waals surface area contributed by atoms with Crippen LogP contribution in [0.15, 0.2) is 30.5 Å². The molecule has 0 saturated heterocycles. The van der Waals surface area contributed by atoms with E-state index in [0.29, 0.717) is 12.8 Å². The molecule has 14 nitrogen and oxygen atoms in total. The van der Waals surface area contributed by atoms with E-state index in [1.54, 1.807) is 0 Å². The maximum absolute atomic E-state index is 11.4. The second kappa shape index (κ2) is 17.1. The zero-order valence-electron chi connectivity index (χ0n) is 22.5. The van der Waals surface area contributed by atoms with E-state index in [4.69, 9.17) is 48.1 Å². The molecule has 0 aliphatic carbocycles. The number of para-hydroxylation sites is 1. The van der Waals surface area contributed by atoms with Crippen molar-refractivity contribution < 1.29 is 44.3 Å².